The standard InChI is InChI=1S/C18H13F3N2O2.C2H6/c1-11-6-13(8-22)7-14-10-23(17(24)16(11)14)9-12-2-4-15(5-3-12)25-18(19,20)21;1-2/h2-7H,9-10H2,1H3;1-2H3. The van der Waals surface area contributed by atoms with Crippen LogP contribution in [0.4, 0.5) is 13.2 Å². The molecule has 0 aromatic heterocycles. The van der Waals surface area contributed by atoms with Crippen LogP contribution in [0.5, 0.6) is 5.75 Å². The zero-order valence-corrected chi connectivity index (χ0v) is 15.2. The first kappa shape index (κ1) is 20.3. The number of nitrogens with zero attached hydrogens (tertiary/aromatic N) is 2. The molecule has 0 N–H and O–H groups in total. The summed E-state index contributed by atoms with van der Waals surface area (Å²) in [4.78, 5) is 14.1. The Hall–Kier alpha value is -3.01. The second kappa shape index (κ2) is 8.12. The molecule has 1 heterocycles. The van der Waals surface area contributed by atoms with Crippen molar-refractivity contribution in [2.45, 2.75) is 40.2 Å². The third-order valence-corrected chi connectivity index (χ3v) is 3.94. The molecule has 0 fully saturated rings. The molecule has 0 bridgehead atoms. The fourth-order valence-electron chi connectivity index (χ4n) is 2.94. The maximum Gasteiger partial charge on any atom is 0.573 e. The number of aryl methyl sites for hydroxylation is 1. The molecule has 2 aromatic carbocycles. The molecule has 3 rings (SSSR count). The minimum atomic E-state index is -4.73. The molecule has 2 aromatic rings. The van der Waals surface area contributed by atoms with E-state index in [0.717, 1.165) is 11.1 Å². The number of nitriles is 1. The van der Waals surface area contributed by atoms with E-state index in [2.05, 4.69) is 10.8 Å². The zero-order chi connectivity index (χ0) is 20.2. The van der Waals surface area contributed by atoms with Gasteiger partial charge in [-0.3, -0.25) is 4.79 Å². The maximum atomic E-state index is 12.5. The number of amides is 1. The summed E-state index contributed by atoms with van der Waals surface area (Å²) in [5, 5.41) is 9.03. The largest absolute Gasteiger partial charge is 0.573 e. The summed E-state index contributed by atoms with van der Waals surface area (Å²) in [5.74, 6) is -0.450. The topological polar surface area (TPSA) is 53.3 Å². The second-order valence-electron chi connectivity index (χ2n) is 5.79. The summed E-state index contributed by atoms with van der Waals surface area (Å²) in [7, 11) is 0. The quantitative estimate of drug-likeness (QED) is 0.762. The van der Waals surface area contributed by atoms with Crippen LogP contribution >= 0.6 is 0 Å². The molecule has 0 aliphatic carbocycles. The van der Waals surface area contributed by atoms with E-state index in [1.54, 1.807) is 24.0 Å². The van der Waals surface area contributed by atoms with Crippen LogP contribution in [-0.2, 0) is 13.1 Å². The smallest absolute Gasteiger partial charge is 0.406 e. The number of alkyl halides is 3. The summed E-state index contributed by atoms with van der Waals surface area (Å²) >= 11 is 0. The second-order valence-corrected chi connectivity index (χ2v) is 5.79. The lowest BCUT2D eigenvalue weighted by Gasteiger charge is -2.16. The Morgan fingerprint density at radius 1 is 1.19 bits per heavy atom. The van der Waals surface area contributed by atoms with Crippen LogP contribution in [-0.4, -0.2) is 17.2 Å². The van der Waals surface area contributed by atoms with Gasteiger partial charge in [0.05, 0.1) is 11.6 Å². The number of hydrogen-bond donors (Lipinski definition) is 0. The summed E-state index contributed by atoms with van der Waals surface area (Å²) < 4.78 is 40.4. The average Bonchev–Trinajstić information content (AvgIpc) is 2.93. The Kier molecular flexibility index (Phi) is 6.11. The summed E-state index contributed by atoms with van der Waals surface area (Å²) in [6.07, 6.45) is -4.73. The highest BCUT2D eigenvalue weighted by Gasteiger charge is 2.31. The minimum absolute atomic E-state index is 0.146. The molecule has 1 amide bonds. The van der Waals surface area contributed by atoms with Crippen LogP contribution in [0.2, 0.25) is 0 Å². The summed E-state index contributed by atoms with van der Waals surface area (Å²) in [5.41, 5.74) is 3.32. The van der Waals surface area contributed by atoms with Gasteiger partial charge in [0.1, 0.15) is 5.75 Å². The fraction of sp³-hybridized carbons (Fsp3) is 0.300. The lowest BCUT2D eigenvalue weighted by molar-refractivity contribution is -0.274. The van der Waals surface area contributed by atoms with E-state index >= 15 is 0 Å². The normalized spacial score (nSPS) is 12.8. The highest BCUT2D eigenvalue weighted by molar-refractivity contribution is 5.99. The van der Waals surface area contributed by atoms with Crippen LogP contribution in [0.1, 0.15) is 46.5 Å². The molecule has 0 saturated carbocycles. The lowest BCUT2D eigenvalue weighted by atomic mass is 10.0. The van der Waals surface area contributed by atoms with Gasteiger partial charge in [-0.1, -0.05) is 26.0 Å². The molecule has 7 heteroatoms. The number of carbonyl (C=O) groups is 1. The van der Waals surface area contributed by atoms with Gasteiger partial charge in [-0.2, -0.15) is 5.26 Å². The maximum absolute atomic E-state index is 12.5. The van der Waals surface area contributed by atoms with Gasteiger partial charge in [-0.15, -0.1) is 13.2 Å². The molecule has 1 aliphatic rings. The lowest BCUT2D eigenvalue weighted by Crippen LogP contribution is -2.23. The van der Waals surface area contributed by atoms with Crippen LogP contribution in [0.3, 0.4) is 0 Å². The van der Waals surface area contributed by atoms with Gasteiger partial charge >= 0.3 is 6.36 Å². The van der Waals surface area contributed by atoms with Crippen molar-refractivity contribution in [1.82, 2.24) is 4.90 Å². The van der Waals surface area contributed by atoms with Crippen molar-refractivity contribution >= 4 is 5.91 Å². The first-order valence-corrected chi connectivity index (χ1v) is 8.44. The highest BCUT2D eigenvalue weighted by Crippen LogP contribution is 2.29. The van der Waals surface area contributed by atoms with E-state index in [9.17, 15) is 18.0 Å². The van der Waals surface area contributed by atoms with Crippen molar-refractivity contribution in [3.63, 3.8) is 0 Å². The Morgan fingerprint density at radius 2 is 1.81 bits per heavy atom. The Labute approximate surface area is 155 Å². The van der Waals surface area contributed by atoms with Gasteiger partial charge in [0.2, 0.25) is 0 Å². The number of fused-ring (bicyclic) bond motifs is 1. The molecule has 0 spiro atoms. The van der Waals surface area contributed by atoms with Crippen LogP contribution in [0, 0.1) is 18.3 Å². The predicted molar refractivity (Wildman–Crippen MR) is 93.9 cm³/mol. The first-order chi connectivity index (χ1) is 12.8. The Balaban J connectivity index is 0.00000126. The van der Waals surface area contributed by atoms with Gasteiger partial charge in [-0.25, -0.2) is 0 Å². The van der Waals surface area contributed by atoms with Gasteiger partial charge in [0.15, 0.2) is 0 Å². The summed E-state index contributed by atoms with van der Waals surface area (Å²) in [6, 6.07) is 10.8. The van der Waals surface area contributed by atoms with E-state index in [0.29, 0.717) is 23.2 Å². The number of halogens is 3. The van der Waals surface area contributed by atoms with Crippen LogP contribution < -0.4 is 4.74 Å². The zero-order valence-electron chi connectivity index (χ0n) is 15.2. The van der Waals surface area contributed by atoms with Crippen molar-refractivity contribution in [2.24, 2.45) is 0 Å². The molecule has 0 saturated heterocycles. The van der Waals surface area contributed by atoms with Gasteiger partial charge in [0.25, 0.3) is 5.91 Å². The first-order valence-electron chi connectivity index (χ1n) is 8.44. The molecule has 142 valence electrons. The minimum Gasteiger partial charge on any atom is -0.406 e. The van der Waals surface area contributed by atoms with E-state index in [-0.39, 0.29) is 18.2 Å². The summed E-state index contributed by atoms with van der Waals surface area (Å²) in [6.45, 7) is 6.41. The number of carbonyl (C=O) groups excluding carboxylic acids is 1. The molecule has 4 nitrogen and oxygen atoms in total. The number of benzene rings is 2. The van der Waals surface area contributed by atoms with E-state index < -0.39 is 6.36 Å². The van der Waals surface area contributed by atoms with Gasteiger partial charge in [-0.05, 0) is 47.9 Å². The van der Waals surface area contributed by atoms with Crippen molar-refractivity contribution in [3.8, 4) is 11.8 Å². The van der Waals surface area contributed by atoms with E-state index in [1.165, 1.54) is 24.3 Å². The molecule has 0 atom stereocenters. The van der Waals surface area contributed by atoms with Gasteiger partial charge in [0, 0.05) is 18.7 Å². The van der Waals surface area contributed by atoms with Gasteiger partial charge < -0.3 is 9.64 Å². The molecule has 27 heavy (non-hydrogen) atoms. The Bertz CT molecular complexity index is 869. The third-order valence-electron chi connectivity index (χ3n) is 3.94. The SMILES string of the molecule is CC.Cc1cc(C#N)cc2c1C(=O)N(Cc1ccc(OC(F)(F)F)cc1)C2. The number of hydrogen-bond acceptors (Lipinski definition) is 3. The number of ether oxygens (including phenoxy) is 1. The fourth-order valence-corrected chi connectivity index (χ4v) is 2.94. The number of rotatable bonds is 3. The monoisotopic (exact) mass is 376 g/mol. The average molecular weight is 376 g/mol. The van der Waals surface area contributed by atoms with Crippen molar-refractivity contribution < 1.29 is 22.7 Å². The van der Waals surface area contributed by atoms with Crippen molar-refractivity contribution in [1.29, 1.82) is 5.26 Å². The van der Waals surface area contributed by atoms with Crippen LogP contribution in [0.25, 0.3) is 0 Å². The Morgan fingerprint density at radius 3 is 2.37 bits per heavy atom. The molecular weight excluding hydrogens is 357 g/mol. The molecular formula is C20H19F3N2O2. The highest BCUT2D eigenvalue weighted by atomic mass is 19.4. The molecule has 0 unspecified atom stereocenters. The van der Waals surface area contributed by atoms with E-state index in [4.69, 9.17) is 5.26 Å². The third kappa shape index (κ3) is 4.79. The molecule has 0 radical (unpaired) electrons. The van der Waals surface area contributed by atoms with Crippen molar-refractivity contribution in [3.05, 3.63) is 64.2 Å². The predicted octanol–water partition coefficient (Wildman–Crippen LogP) is 4.95. The van der Waals surface area contributed by atoms with E-state index in [1.807, 2.05) is 13.8 Å². The molecule has 1 aliphatic heterocycles. The van der Waals surface area contributed by atoms with Crippen LogP contribution in [0.15, 0.2) is 36.4 Å². The van der Waals surface area contributed by atoms with Crippen molar-refractivity contribution in [2.75, 3.05) is 0 Å².